The minimum Gasteiger partial charge on any atom is -0.393 e. The molecule has 2 fully saturated rings. The highest BCUT2D eigenvalue weighted by Crippen LogP contribution is 2.41. The standard InChI is InChI=1S/C29H27N5O/c30-29(15-23(35)16-29)22-11-9-20(10-12-22)27-24(18-5-2-1-3-6-18)13-21-17-31-26-14-25(19-7-4-8-19)33-34(26)28(21)32-27/h1-3,5-6,9-14,17,19,23,35H,4,7-8,15-16,30H2/t23-,29-. The maximum atomic E-state index is 9.78. The van der Waals surface area contributed by atoms with Crippen molar-refractivity contribution in [3.05, 3.63) is 84.2 Å². The summed E-state index contributed by atoms with van der Waals surface area (Å²) in [5.41, 5.74) is 14.0. The van der Waals surface area contributed by atoms with Crippen molar-refractivity contribution in [3.63, 3.8) is 0 Å². The van der Waals surface area contributed by atoms with Crippen LogP contribution in [-0.4, -0.2) is 30.8 Å². The molecule has 0 saturated heterocycles. The Bertz CT molecular complexity index is 1550. The van der Waals surface area contributed by atoms with E-state index in [-0.39, 0.29) is 6.10 Å². The average Bonchev–Trinajstić information content (AvgIpc) is 3.26. The third-order valence-electron chi connectivity index (χ3n) is 7.82. The van der Waals surface area contributed by atoms with Crippen LogP contribution in [0.15, 0.2) is 72.9 Å². The van der Waals surface area contributed by atoms with Crippen LogP contribution in [0.2, 0.25) is 0 Å². The molecule has 6 heteroatoms. The minimum absolute atomic E-state index is 0.304. The molecule has 0 atom stereocenters. The zero-order valence-corrected chi connectivity index (χ0v) is 19.4. The van der Waals surface area contributed by atoms with Gasteiger partial charge in [-0.15, -0.1) is 0 Å². The maximum absolute atomic E-state index is 9.78. The molecule has 174 valence electrons. The molecule has 6 nitrogen and oxygen atoms in total. The van der Waals surface area contributed by atoms with E-state index in [2.05, 4.69) is 48.5 Å². The Hall–Kier alpha value is -3.61. The lowest BCUT2D eigenvalue weighted by molar-refractivity contribution is 0.0209. The van der Waals surface area contributed by atoms with Gasteiger partial charge in [0, 0.05) is 40.2 Å². The van der Waals surface area contributed by atoms with Crippen LogP contribution in [0.5, 0.6) is 0 Å². The van der Waals surface area contributed by atoms with E-state index in [1.807, 2.05) is 28.9 Å². The van der Waals surface area contributed by atoms with Gasteiger partial charge in [-0.3, -0.25) is 0 Å². The lowest BCUT2D eigenvalue weighted by atomic mass is 9.70. The molecule has 0 unspecified atom stereocenters. The summed E-state index contributed by atoms with van der Waals surface area (Å²) < 4.78 is 1.90. The number of aliphatic hydroxyl groups excluding tert-OH is 1. The number of nitrogens with two attached hydrogens (primary N) is 1. The van der Waals surface area contributed by atoms with E-state index in [0.717, 1.165) is 50.3 Å². The van der Waals surface area contributed by atoms with Crippen LogP contribution in [0.1, 0.15) is 49.3 Å². The normalized spacial score (nSPS) is 22.3. The van der Waals surface area contributed by atoms with Crippen LogP contribution in [0.25, 0.3) is 39.1 Å². The Labute approximate surface area is 203 Å². The zero-order valence-electron chi connectivity index (χ0n) is 19.4. The molecule has 0 spiro atoms. The second-order valence-electron chi connectivity index (χ2n) is 10.2. The first kappa shape index (κ1) is 20.7. The second kappa shape index (κ2) is 7.70. The second-order valence-corrected chi connectivity index (χ2v) is 10.2. The van der Waals surface area contributed by atoms with Crippen LogP contribution in [0.4, 0.5) is 0 Å². The number of rotatable bonds is 4. The SMILES string of the molecule is N[C@]1(c2ccc(-c3nc4c(cnc5cc(C6CCC6)nn54)cc3-c3ccccc3)cc2)C[C@@H](O)C1. The Balaban J connectivity index is 1.40. The summed E-state index contributed by atoms with van der Waals surface area (Å²) in [7, 11) is 0. The molecule has 35 heavy (non-hydrogen) atoms. The molecule has 3 aromatic heterocycles. The smallest absolute Gasteiger partial charge is 0.165 e. The summed E-state index contributed by atoms with van der Waals surface area (Å²) in [5, 5.41) is 15.7. The fourth-order valence-corrected chi connectivity index (χ4v) is 5.49. The first-order chi connectivity index (χ1) is 17.1. The molecule has 5 aromatic rings. The van der Waals surface area contributed by atoms with Gasteiger partial charge in [-0.05, 0) is 42.9 Å². The molecular formula is C29H27N5O. The van der Waals surface area contributed by atoms with E-state index >= 15 is 0 Å². The molecule has 2 aliphatic carbocycles. The topological polar surface area (TPSA) is 89.3 Å². The van der Waals surface area contributed by atoms with E-state index in [9.17, 15) is 5.11 Å². The average molecular weight is 462 g/mol. The Morgan fingerprint density at radius 1 is 0.943 bits per heavy atom. The highest BCUT2D eigenvalue weighted by atomic mass is 16.3. The van der Waals surface area contributed by atoms with Crippen LogP contribution in [-0.2, 0) is 5.54 Å². The van der Waals surface area contributed by atoms with E-state index in [0.29, 0.717) is 18.8 Å². The summed E-state index contributed by atoms with van der Waals surface area (Å²) in [6.07, 6.45) is 6.47. The predicted octanol–water partition coefficient (Wildman–Crippen LogP) is 5.19. The molecular weight excluding hydrogens is 434 g/mol. The largest absolute Gasteiger partial charge is 0.393 e. The van der Waals surface area contributed by atoms with Crippen molar-refractivity contribution in [2.75, 3.05) is 0 Å². The number of aliphatic hydroxyl groups is 1. The number of pyridine rings is 1. The van der Waals surface area contributed by atoms with Crippen molar-refractivity contribution in [1.82, 2.24) is 19.6 Å². The summed E-state index contributed by atoms with van der Waals surface area (Å²) >= 11 is 0. The fraction of sp³-hybridized carbons (Fsp3) is 0.276. The summed E-state index contributed by atoms with van der Waals surface area (Å²) in [6.45, 7) is 0. The van der Waals surface area contributed by atoms with Crippen molar-refractivity contribution in [3.8, 4) is 22.4 Å². The molecule has 0 bridgehead atoms. The minimum atomic E-state index is -0.443. The van der Waals surface area contributed by atoms with Crippen LogP contribution in [0, 0.1) is 0 Å². The highest BCUT2D eigenvalue weighted by molar-refractivity contribution is 5.90. The first-order valence-electron chi connectivity index (χ1n) is 12.4. The van der Waals surface area contributed by atoms with Gasteiger partial charge in [0.1, 0.15) is 0 Å². The van der Waals surface area contributed by atoms with Gasteiger partial charge in [0.25, 0.3) is 0 Å². The Kier molecular flexibility index (Phi) is 4.56. The van der Waals surface area contributed by atoms with Crippen LogP contribution >= 0.6 is 0 Å². The van der Waals surface area contributed by atoms with Crippen molar-refractivity contribution in [1.29, 1.82) is 0 Å². The van der Waals surface area contributed by atoms with Gasteiger partial charge in [0.05, 0.1) is 17.5 Å². The molecule has 0 amide bonds. The highest BCUT2D eigenvalue weighted by Gasteiger charge is 2.41. The van der Waals surface area contributed by atoms with Crippen molar-refractivity contribution in [2.45, 2.75) is 49.7 Å². The van der Waals surface area contributed by atoms with Crippen molar-refractivity contribution < 1.29 is 5.11 Å². The van der Waals surface area contributed by atoms with Gasteiger partial charge in [-0.1, -0.05) is 61.0 Å². The van der Waals surface area contributed by atoms with Gasteiger partial charge in [0.15, 0.2) is 11.3 Å². The van der Waals surface area contributed by atoms with Crippen LogP contribution < -0.4 is 5.73 Å². The number of hydrogen-bond donors (Lipinski definition) is 2. The number of aromatic nitrogens is 4. The summed E-state index contributed by atoms with van der Waals surface area (Å²) in [4.78, 5) is 9.89. The molecule has 3 N–H and O–H groups in total. The van der Waals surface area contributed by atoms with Gasteiger partial charge < -0.3 is 10.8 Å². The van der Waals surface area contributed by atoms with Gasteiger partial charge in [-0.25, -0.2) is 9.97 Å². The number of hydrogen-bond acceptors (Lipinski definition) is 5. The third-order valence-corrected chi connectivity index (χ3v) is 7.82. The van der Waals surface area contributed by atoms with E-state index < -0.39 is 5.54 Å². The van der Waals surface area contributed by atoms with E-state index in [4.69, 9.17) is 20.8 Å². The predicted molar refractivity (Wildman–Crippen MR) is 137 cm³/mol. The number of nitrogens with zero attached hydrogens (tertiary/aromatic N) is 4. The van der Waals surface area contributed by atoms with Gasteiger partial charge >= 0.3 is 0 Å². The molecule has 2 aliphatic rings. The first-order valence-corrected chi connectivity index (χ1v) is 12.4. The van der Waals surface area contributed by atoms with Crippen molar-refractivity contribution in [2.24, 2.45) is 5.73 Å². The number of fused-ring (bicyclic) bond motifs is 3. The molecule has 0 radical (unpaired) electrons. The molecule has 3 heterocycles. The van der Waals surface area contributed by atoms with Crippen molar-refractivity contribution >= 4 is 16.7 Å². The number of benzene rings is 2. The van der Waals surface area contributed by atoms with E-state index in [1.54, 1.807) is 0 Å². The lowest BCUT2D eigenvalue weighted by Gasteiger charge is -2.42. The zero-order chi connectivity index (χ0) is 23.6. The maximum Gasteiger partial charge on any atom is 0.165 e. The summed E-state index contributed by atoms with van der Waals surface area (Å²) in [6, 6.07) is 23.0. The lowest BCUT2D eigenvalue weighted by Crippen LogP contribution is -2.51. The Morgan fingerprint density at radius 2 is 1.71 bits per heavy atom. The molecule has 2 aromatic carbocycles. The molecule has 7 rings (SSSR count). The van der Waals surface area contributed by atoms with Gasteiger partial charge in [-0.2, -0.15) is 9.61 Å². The quantitative estimate of drug-likeness (QED) is 0.385. The van der Waals surface area contributed by atoms with Gasteiger partial charge in [0.2, 0.25) is 0 Å². The third kappa shape index (κ3) is 3.36. The summed E-state index contributed by atoms with van der Waals surface area (Å²) in [5.74, 6) is 0.538. The fourth-order valence-electron chi connectivity index (χ4n) is 5.49. The van der Waals surface area contributed by atoms with Crippen LogP contribution in [0.3, 0.4) is 0 Å². The Morgan fingerprint density at radius 3 is 2.40 bits per heavy atom. The monoisotopic (exact) mass is 461 g/mol. The molecule has 2 saturated carbocycles. The molecule has 0 aliphatic heterocycles. The van der Waals surface area contributed by atoms with E-state index in [1.165, 1.54) is 19.3 Å².